The zero-order valence-corrected chi connectivity index (χ0v) is 22.2. The van der Waals surface area contributed by atoms with Crippen molar-refractivity contribution in [2.45, 2.75) is 38.7 Å². The smallest absolute Gasteiger partial charge is 0.282 e. The van der Waals surface area contributed by atoms with Gasteiger partial charge in [0.1, 0.15) is 34.9 Å². The van der Waals surface area contributed by atoms with Crippen molar-refractivity contribution in [1.82, 2.24) is 14.8 Å². The van der Waals surface area contributed by atoms with Crippen molar-refractivity contribution in [1.29, 1.82) is 0 Å². The summed E-state index contributed by atoms with van der Waals surface area (Å²) >= 11 is 0. The Morgan fingerprint density at radius 2 is 1.65 bits per heavy atom. The number of hydrogen-bond donors (Lipinski definition) is 1. The lowest BCUT2D eigenvalue weighted by molar-refractivity contribution is -0.121. The van der Waals surface area contributed by atoms with E-state index in [0.717, 1.165) is 24.3 Å². The third-order valence-corrected chi connectivity index (χ3v) is 6.36. The third kappa shape index (κ3) is 6.96. The highest BCUT2D eigenvalue weighted by Gasteiger charge is 2.29. The fourth-order valence-electron chi connectivity index (χ4n) is 4.44. The molecule has 1 atom stereocenters. The van der Waals surface area contributed by atoms with Crippen LogP contribution >= 0.6 is 0 Å². The molecule has 1 unspecified atom stereocenters. The summed E-state index contributed by atoms with van der Waals surface area (Å²) in [6.45, 7) is 1.43. The normalized spacial score (nSPS) is 12.7. The van der Waals surface area contributed by atoms with Gasteiger partial charge in [-0.15, -0.1) is 0 Å². The van der Waals surface area contributed by atoms with Crippen LogP contribution in [0.3, 0.4) is 0 Å². The summed E-state index contributed by atoms with van der Waals surface area (Å²) in [5.41, 5.74) is 3.11. The lowest BCUT2D eigenvalue weighted by Crippen LogP contribution is -2.23. The molecule has 0 aliphatic carbocycles. The average Bonchev–Trinajstić information content (AvgIpc) is 3.39. The summed E-state index contributed by atoms with van der Waals surface area (Å²) in [6, 6.07) is 7.89. The third-order valence-electron chi connectivity index (χ3n) is 6.36. The minimum absolute atomic E-state index is 0.0120. The number of rotatable bonds is 10. The maximum Gasteiger partial charge on any atom is 0.282 e. The van der Waals surface area contributed by atoms with Crippen molar-refractivity contribution in [2.75, 3.05) is 0 Å². The molecule has 43 heavy (non-hydrogen) atoms. The van der Waals surface area contributed by atoms with Crippen molar-refractivity contribution in [3.8, 4) is 11.1 Å². The van der Waals surface area contributed by atoms with Crippen LogP contribution in [0.15, 0.2) is 65.8 Å². The van der Waals surface area contributed by atoms with Crippen LogP contribution < -0.4 is 5.73 Å². The van der Waals surface area contributed by atoms with Gasteiger partial charge in [-0.05, 0) is 53.9 Å². The van der Waals surface area contributed by atoms with E-state index < -0.39 is 71.5 Å². The van der Waals surface area contributed by atoms with Crippen LogP contribution in [-0.4, -0.2) is 32.3 Å². The van der Waals surface area contributed by atoms with Crippen molar-refractivity contribution in [3.05, 3.63) is 106 Å². The second-order valence-electron chi connectivity index (χ2n) is 9.27. The second-order valence-corrected chi connectivity index (χ2v) is 9.27. The number of aliphatic imine (C=N–C) groups is 1. The summed E-state index contributed by atoms with van der Waals surface area (Å²) in [5.74, 6) is -4.92. The van der Waals surface area contributed by atoms with E-state index in [4.69, 9.17) is 5.73 Å². The van der Waals surface area contributed by atoms with E-state index in [9.17, 15) is 40.3 Å². The molecule has 2 N–H and O–H groups in total. The largest absolute Gasteiger partial charge is 0.366 e. The van der Waals surface area contributed by atoms with Gasteiger partial charge in [-0.3, -0.25) is 19.3 Å². The van der Waals surface area contributed by atoms with E-state index in [0.29, 0.717) is 16.8 Å². The first-order chi connectivity index (χ1) is 20.4. The van der Waals surface area contributed by atoms with E-state index >= 15 is 0 Å². The van der Waals surface area contributed by atoms with Crippen LogP contribution in [0, 0.1) is 17.5 Å². The molecule has 2 aromatic carbocycles. The fourth-order valence-corrected chi connectivity index (χ4v) is 4.44. The number of primary amides is 1. The number of benzene rings is 2. The Kier molecular flexibility index (Phi) is 9.37. The van der Waals surface area contributed by atoms with Crippen LogP contribution in [0.5, 0.6) is 0 Å². The van der Waals surface area contributed by atoms with Gasteiger partial charge in [-0.2, -0.15) is 5.10 Å². The first-order valence-electron chi connectivity index (χ1n) is 12.7. The first-order valence-corrected chi connectivity index (χ1v) is 12.7. The van der Waals surface area contributed by atoms with Crippen LogP contribution in [0.4, 0.5) is 30.7 Å². The van der Waals surface area contributed by atoms with Gasteiger partial charge >= 0.3 is 0 Å². The van der Waals surface area contributed by atoms with Gasteiger partial charge in [0.2, 0.25) is 0 Å². The molecule has 224 valence electrons. The Morgan fingerprint density at radius 1 is 0.953 bits per heavy atom. The molecule has 0 aliphatic rings. The number of hydrogen-bond acceptors (Lipinski definition) is 4. The molecule has 14 heteroatoms. The van der Waals surface area contributed by atoms with Crippen molar-refractivity contribution in [3.63, 3.8) is 0 Å². The predicted molar refractivity (Wildman–Crippen MR) is 141 cm³/mol. The zero-order valence-electron chi connectivity index (χ0n) is 22.2. The Morgan fingerprint density at radius 3 is 2.26 bits per heavy atom. The van der Waals surface area contributed by atoms with Crippen LogP contribution in [0.1, 0.15) is 65.2 Å². The van der Waals surface area contributed by atoms with Crippen LogP contribution in [-0.2, 0) is 11.2 Å². The second kappa shape index (κ2) is 13.0. The van der Waals surface area contributed by atoms with E-state index in [1.54, 1.807) is 0 Å². The Labute approximate surface area is 239 Å². The standard InChI is InChI=1S/C29H22F7N5O2/c1-2-23(41-24(27(35)36)13-22(40-41)26(33)34)29(43)39-21(10-14-8-16(30)12-17(31)9-14)25-18(4-3-7-38-25)15-5-6-20(32)19(11-15)28(37)42/h3-9,11-13,23,26-27H,2,10H2,1H3,(H2,37,42). The van der Waals surface area contributed by atoms with Gasteiger partial charge in [-0.25, -0.2) is 35.7 Å². The highest BCUT2D eigenvalue weighted by atomic mass is 19.3. The van der Waals surface area contributed by atoms with E-state index in [1.807, 2.05) is 0 Å². The quantitative estimate of drug-likeness (QED) is 0.164. The summed E-state index contributed by atoms with van der Waals surface area (Å²) in [6.07, 6.45) is -5.74. The lowest BCUT2D eigenvalue weighted by Gasteiger charge is -2.17. The molecule has 0 saturated heterocycles. The number of pyridine rings is 1. The molecule has 0 fully saturated rings. The molecule has 4 aromatic rings. The van der Waals surface area contributed by atoms with Crippen LogP contribution in [0.2, 0.25) is 0 Å². The number of halogens is 7. The molecule has 2 amide bonds. The minimum Gasteiger partial charge on any atom is -0.366 e. The summed E-state index contributed by atoms with van der Waals surface area (Å²) in [5, 5.41) is 3.51. The highest BCUT2D eigenvalue weighted by Crippen LogP contribution is 2.30. The van der Waals surface area contributed by atoms with Gasteiger partial charge in [0.05, 0.1) is 17.0 Å². The van der Waals surface area contributed by atoms with Gasteiger partial charge in [0.15, 0.2) is 0 Å². The van der Waals surface area contributed by atoms with Gasteiger partial charge in [0.25, 0.3) is 24.7 Å². The SMILES string of the molecule is CCC(C(=O)N=C(Cc1cc(F)cc(F)c1)c1ncccc1-c1ccc(F)c(C(N)=O)c1)n1nc(C(F)F)cc1C(F)F. The predicted octanol–water partition coefficient (Wildman–Crippen LogP) is 6.55. The Bertz CT molecular complexity index is 1680. The molecule has 2 aromatic heterocycles. The van der Waals surface area contributed by atoms with Gasteiger partial charge < -0.3 is 5.73 Å². The number of nitrogens with two attached hydrogens (primary N) is 1. The molecular formula is C29H22F7N5O2. The number of nitrogens with zero attached hydrogens (tertiary/aromatic N) is 4. The Hall–Kier alpha value is -4.88. The molecular weight excluding hydrogens is 583 g/mol. The molecule has 4 rings (SSSR count). The van der Waals surface area contributed by atoms with E-state index in [-0.39, 0.29) is 34.5 Å². The monoisotopic (exact) mass is 605 g/mol. The van der Waals surface area contributed by atoms with Gasteiger partial charge in [-0.1, -0.05) is 19.1 Å². The summed E-state index contributed by atoms with van der Waals surface area (Å²) < 4.78 is 96.8. The molecule has 0 saturated carbocycles. The van der Waals surface area contributed by atoms with Crippen molar-refractivity contribution >= 4 is 17.5 Å². The number of carbonyl (C=O) groups is 2. The Balaban J connectivity index is 1.89. The minimum atomic E-state index is -3.25. The van der Waals surface area contributed by atoms with Crippen molar-refractivity contribution < 1.29 is 40.3 Å². The molecule has 7 nitrogen and oxygen atoms in total. The zero-order chi connectivity index (χ0) is 31.4. The molecule has 0 bridgehead atoms. The summed E-state index contributed by atoms with van der Waals surface area (Å²) in [7, 11) is 0. The molecule has 0 radical (unpaired) electrons. The average molecular weight is 606 g/mol. The van der Waals surface area contributed by atoms with Crippen LogP contribution in [0.25, 0.3) is 11.1 Å². The topological polar surface area (TPSA) is 103 Å². The first kappa shape index (κ1) is 31.1. The number of alkyl halides is 4. The maximum absolute atomic E-state index is 14.2. The van der Waals surface area contributed by atoms with E-state index in [1.165, 1.54) is 31.3 Å². The van der Waals surface area contributed by atoms with Gasteiger partial charge in [0, 0.05) is 24.2 Å². The fraction of sp³-hybridized carbons (Fsp3) is 0.207. The lowest BCUT2D eigenvalue weighted by atomic mass is 9.96. The molecule has 2 heterocycles. The number of carbonyl (C=O) groups excluding carboxylic acids is 2. The highest BCUT2D eigenvalue weighted by molar-refractivity contribution is 6.10. The number of aromatic nitrogens is 3. The van der Waals surface area contributed by atoms with Crippen molar-refractivity contribution in [2.24, 2.45) is 10.7 Å². The summed E-state index contributed by atoms with van der Waals surface area (Å²) in [4.78, 5) is 33.6. The number of amides is 2. The van der Waals surface area contributed by atoms with E-state index in [2.05, 4.69) is 15.1 Å². The molecule has 0 spiro atoms. The maximum atomic E-state index is 14.2. The molecule has 0 aliphatic heterocycles.